The molecule has 2 fully saturated rings. The van der Waals surface area contributed by atoms with Crippen molar-refractivity contribution in [3.05, 3.63) is 56.8 Å². The lowest BCUT2D eigenvalue weighted by Crippen LogP contribution is -2.54. The van der Waals surface area contributed by atoms with E-state index in [2.05, 4.69) is 9.88 Å². The summed E-state index contributed by atoms with van der Waals surface area (Å²) in [5, 5.41) is 3.23. The second-order valence-electron chi connectivity index (χ2n) is 7.63. The number of nitrogens with one attached hydrogen (secondary N) is 1. The maximum absolute atomic E-state index is 13.2. The Balaban J connectivity index is 1.68. The monoisotopic (exact) mass is 477 g/mol. The minimum Gasteiger partial charge on any atom is -0.376 e. The van der Waals surface area contributed by atoms with E-state index in [4.69, 9.17) is 40.2 Å². The third-order valence-corrected chi connectivity index (χ3v) is 6.61. The molecule has 1 aromatic carbocycles. The molecule has 9 heteroatoms. The van der Waals surface area contributed by atoms with Crippen LogP contribution in [0.1, 0.15) is 29.8 Å². The molecule has 0 aliphatic carbocycles. The number of aromatic nitrogens is 1. The van der Waals surface area contributed by atoms with Crippen LogP contribution < -0.4 is 10.2 Å². The topological polar surface area (TPSA) is 63.6 Å². The van der Waals surface area contributed by atoms with Crippen LogP contribution in [0, 0.1) is 13.8 Å². The molecule has 0 unspecified atom stereocenters. The first-order valence-corrected chi connectivity index (χ1v) is 11.1. The van der Waals surface area contributed by atoms with E-state index in [0.29, 0.717) is 10.7 Å². The molecule has 31 heavy (non-hydrogen) atoms. The number of hydrogen-bond donors (Lipinski definition) is 1. The third kappa shape index (κ3) is 4.28. The number of carbonyl (C=O) groups is 2. The third-order valence-electron chi connectivity index (χ3n) is 5.59. The zero-order valence-electron chi connectivity index (χ0n) is 17.1. The fraction of sp³-hybridized carbons (Fsp3) is 0.318. The Morgan fingerprint density at radius 3 is 2.68 bits per heavy atom. The molecule has 2 amide bonds. The number of benzene rings is 1. The fourth-order valence-corrected chi connectivity index (χ4v) is 4.49. The van der Waals surface area contributed by atoms with Crippen molar-refractivity contribution in [2.45, 2.75) is 39.3 Å². The van der Waals surface area contributed by atoms with Crippen LogP contribution in [0.15, 0.2) is 29.8 Å². The van der Waals surface area contributed by atoms with Gasteiger partial charge in [0.15, 0.2) is 5.11 Å². The largest absolute Gasteiger partial charge is 0.376 e. The molecule has 2 aromatic rings. The molecular weight excluding hydrogens is 457 g/mol. The summed E-state index contributed by atoms with van der Waals surface area (Å²) in [5.41, 5.74) is 3.24. The predicted molar refractivity (Wildman–Crippen MR) is 126 cm³/mol. The van der Waals surface area contributed by atoms with Crippen LogP contribution in [0.2, 0.25) is 10.0 Å². The second kappa shape index (κ2) is 8.74. The maximum atomic E-state index is 13.2. The molecule has 1 atom stereocenters. The molecule has 0 bridgehead atoms. The summed E-state index contributed by atoms with van der Waals surface area (Å²) in [6, 6.07) is 6.71. The van der Waals surface area contributed by atoms with Crippen molar-refractivity contribution in [2.24, 2.45) is 0 Å². The number of ether oxygens (including phenoxy) is 1. The van der Waals surface area contributed by atoms with Gasteiger partial charge >= 0.3 is 0 Å². The summed E-state index contributed by atoms with van der Waals surface area (Å²) in [6.45, 7) is 5.52. The van der Waals surface area contributed by atoms with Gasteiger partial charge in [0.05, 0.1) is 21.8 Å². The first-order valence-electron chi connectivity index (χ1n) is 9.91. The number of thiocarbonyl (C=S) groups is 1. The number of hydrogen-bond acceptors (Lipinski definition) is 4. The summed E-state index contributed by atoms with van der Waals surface area (Å²) in [5.74, 6) is -1.05. The SMILES string of the molecule is Cc1cc(/C=C2\C(=O)NC(=S)N(c3ccc(Cl)c(Cl)c3)C2=O)c(C)n1C[C@H]1CCCO1. The van der Waals surface area contributed by atoms with Gasteiger partial charge in [-0.05, 0) is 74.8 Å². The number of rotatable bonds is 4. The van der Waals surface area contributed by atoms with Crippen LogP contribution >= 0.6 is 35.4 Å². The zero-order valence-corrected chi connectivity index (χ0v) is 19.4. The van der Waals surface area contributed by atoms with E-state index in [9.17, 15) is 9.59 Å². The minimum atomic E-state index is -0.532. The van der Waals surface area contributed by atoms with E-state index in [-0.39, 0.29) is 21.8 Å². The van der Waals surface area contributed by atoms with Crippen LogP contribution in [0.5, 0.6) is 0 Å². The van der Waals surface area contributed by atoms with E-state index in [0.717, 1.165) is 42.9 Å². The van der Waals surface area contributed by atoms with Gasteiger partial charge in [-0.1, -0.05) is 23.2 Å². The molecule has 1 aromatic heterocycles. The summed E-state index contributed by atoms with van der Waals surface area (Å²) in [4.78, 5) is 27.1. The van der Waals surface area contributed by atoms with Crippen molar-refractivity contribution in [1.82, 2.24) is 9.88 Å². The molecule has 2 saturated heterocycles. The van der Waals surface area contributed by atoms with E-state index in [1.807, 2.05) is 19.9 Å². The molecule has 2 aliphatic rings. The normalized spacial score (nSPS) is 20.6. The number of nitrogens with zero attached hydrogens (tertiary/aromatic N) is 2. The Morgan fingerprint density at radius 1 is 1.23 bits per heavy atom. The van der Waals surface area contributed by atoms with Gasteiger partial charge in [0.1, 0.15) is 5.57 Å². The minimum absolute atomic E-state index is 0.00274. The van der Waals surface area contributed by atoms with Gasteiger partial charge in [0, 0.05) is 24.5 Å². The average Bonchev–Trinajstić information content (AvgIpc) is 3.32. The van der Waals surface area contributed by atoms with Crippen molar-refractivity contribution < 1.29 is 14.3 Å². The Hall–Kier alpha value is -2.19. The molecule has 0 spiro atoms. The van der Waals surface area contributed by atoms with E-state index in [1.54, 1.807) is 18.2 Å². The van der Waals surface area contributed by atoms with Gasteiger partial charge in [0.2, 0.25) is 0 Å². The summed E-state index contributed by atoms with van der Waals surface area (Å²) in [6.07, 6.45) is 3.90. The lowest BCUT2D eigenvalue weighted by atomic mass is 10.1. The highest BCUT2D eigenvalue weighted by atomic mass is 35.5. The zero-order chi connectivity index (χ0) is 22.3. The van der Waals surface area contributed by atoms with Crippen molar-refractivity contribution >= 4 is 64.1 Å². The lowest BCUT2D eigenvalue weighted by molar-refractivity contribution is -0.122. The number of amides is 2. The molecule has 4 rings (SSSR count). The van der Waals surface area contributed by atoms with Crippen molar-refractivity contribution in [2.75, 3.05) is 11.5 Å². The first-order chi connectivity index (χ1) is 14.8. The summed E-state index contributed by atoms with van der Waals surface area (Å²) >= 11 is 17.3. The molecule has 3 heterocycles. The van der Waals surface area contributed by atoms with E-state index < -0.39 is 11.8 Å². The smallest absolute Gasteiger partial charge is 0.270 e. The Labute approximate surface area is 195 Å². The Kier molecular flexibility index (Phi) is 6.21. The van der Waals surface area contributed by atoms with Gasteiger partial charge in [0.25, 0.3) is 11.8 Å². The van der Waals surface area contributed by atoms with Crippen LogP contribution in [-0.2, 0) is 20.9 Å². The highest BCUT2D eigenvalue weighted by molar-refractivity contribution is 7.80. The maximum Gasteiger partial charge on any atom is 0.270 e. The van der Waals surface area contributed by atoms with Gasteiger partial charge < -0.3 is 9.30 Å². The van der Waals surface area contributed by atoms with E-state index >= 15 is 0 Å². The molecule has 6 nitrogen and oxygen atoms in total. The van der Waals surface area contributed by atoms with Crippen molar-refractivity contribution in [3.63, 3.8) is 0 Å². The first kappa shape index (κ1) is 22.0. The van der Waals surface area contributed by atoms with Crippen molar-refractivity contribution in [1.29, 1.82) is 0 Å². The quantitative estimate of drug-likeness (QED) is 0.402. The standard InChI is InChI=1S/C22H21Cl2N3O3S/c1-12-8-14(13(2)26(12)11-16-4-3-7-30-16)9-17-20(28)25-22(31)27(21(17)29)15-5-6-18(23)19(24)10-15/h5-6,8-10,16H,3-4,7,11H2,1-2H3,(H,25,28,31)/b17-9+/t16-/m1/s1. The van der Waals surface area contributed by atoms with Gasteiger partial charge in [-0.2, -0.15) is 0 Å². The van der Waals surface area contributed by atoms with Crippen LogP contribution in [-0.4, -0.2) is 34.2 Å². The second-order valence-corrected chi connectivity index (χ2v) is 8.83. The molecular formula is C22H21Cl2N3O3S. The van der Waals surface area contributed by atoms with Crippen LogP contribution in [0.4, 0.5) is 5.69 Å². The van der Waals surface area contributed by atoms with Crippen molar-refractivity contribution in [3.8, 4) is 0 Å². The number of halogens is 2. The number of aryl methyl sites for hydroxylation is 1. The Morgan fingerprint density at radius 2 is 2.00 bits per heavy atom. The fourth-order valence-electron chi connectivity index (χ4n) is 3.92. The molecule has 1 N–H and O–H groups in total. The highest BCUT2D eigenvalue weighted by Gasteiger charge is 2.35. The molecule has 162 valence electrons. The average molecular weight is 478 g/mol. The lowest BCUT2D eigenvalue weighted by Gasteiger charge is -2.29. The van der Waals surface area contributed by atoms with Crippen LogP contribution in [0.25, 0.3) is 6.08 Å². The summed E-state index contributed by atoms with van der Waals surface area (Å²) in [7, 11) is 0. The molecule has 0 saturated carbocycles. The Bertz CT molecular complexity index is 1120. The molecule has 0 radical (unpaired) electrons. The highest BCUT2D eigenvalue weighted by Crippen LogP contribution is 2.30. The van der Waals surface area contributed by atoms with Gasteiger partial charge in [-0.25, -0.2) is 0 Å². The van der Waals surface area contributed by atoms with Crippen LogP contribution in [0.3, 0.4) is 0 Å². The number of anilines is 1. The predicted octanol–water partition coefficient (Wildman–Crippen LogP) is 4.42. The van der Waals surface area contributed by atoms with E-state index in [1.165, 1.54) is 11.0 Å². The van der Waals surface area contributed by atoms with Gasteiger partial charge in [-0.3, -0.25) is 19.8 Å². The summed E-state index contributed by atoms with van der Waals surface area (Å²) < 4.78 is 7.92. The number of carbonyl (C=O) groups excluding carboxylic acids is 2. The van der Waals surface area contributed by atoms with Gasteiger partial charge in [-0.15, -0.1) is 0 Å². The molecule has 2 aliphatic heterocycles.